The van der Waals surface area contributed by atoms with Gasteiger partial charge in [-0.05, 0) is 67.3 Å². The lowest BCUT2D eigenvalue weighted by Gasteiger charge is -2.09. The van der Waals surface area contributed by atoms with Crippen LogP contribution in [0.5, 0.6) is 11.5 Å². The fourth-order valence-electron chi connectivity index (χ4n) is 4.21. The van der Waals surface area contributed by atoms with E-state index in [1.807, 2.05) is 24.5 Å². The average molecular weight is 521 g/mol. The summed E-state index contributed by atoms with van der Waals surface area (Å²) in [5.74, 6) is -0.0505. The lowest BCUT2D eigenvalue weighted by Crippen LogP contribution is -2.09. The van der Waals surface area contributed by atoms with Gasteiger partial charge in [0.1, 0.15) is 5.75 Å². The standard InChI is InChI=1S/C32H41FN2O3/c1-3-5-7-9-11-13-21-37-30-20-17-27(22-29(30)33)32(36)38-28-18-15-26(16-19-28)31-34-23-25(24-35-31)14-12-10-8-6-4-2/h15-20,22-24H,3-14,21H2,1-2H3. The normalized spacial score (nSPS) is 10.9. The number of aromatic nitrogens is 2. The number of benzene rings is 2. The molecule has 1 aromatic heterocycles. The van der Waals surface area contributed by atoms with Crippen LogP contribution in [0.25, 0.3) is 11.4 Å². The highest BCUT2D eigenvalue weighted by molar-refractivity contribution is 5.91. The monoisotopic (exact) mass is 520 g/mol. The van der Waals surface area contributed by atoms with Crippen LogP contribution in [0.4, 0.5) is 4.39 Å². The van der Waals surface area contributed by atoms with Gasteiger partial charge in [-0.15, -0.1) is 0 Å². The van der Waals surface area contributed by atoms with E-state index < -0.39 is 11.8 Å². The smallest absolute Gasteiger partial charge is 0.343 e. The van der Waals surface area contributed by atoms with Crippen molar-refractivity contribution >= 4 is 5.97 Å². The molecule has 0 fully saturated rings. The minimum absolute atomic E-state index is 0.132. The maximum absolute atomic E-state index is 14.5. The van der Waals surface area contributed by atoms with Gasteiger partial charge in [0.2, 0.25) is 0 Å². The van der Waals surface area contributed by atoms with Gasteiger partial charge in [0.05, 0.1) is 12.2 Å². The van der Waals surface area contributed by atoms with Gasteiger partial charge in [0, 0.05) is 18.0 Å². The van der Waals surface area contributed by atoms with Crippen LogP contribution in [0.1, 0.15) is 100 Å². The van der Waals surface area contributed by atoms with Crippen molar-refractivity contribution < 1.29 is 18.7 Å². The zero-order chi connectivity index (χ0) is 27.0. The Morgan fingerprint density at radius 1 is 0.789 bits per heavy atom. The second kappa shape index (κ2) is 16.5. The molecule has 0 bridgehead atoms. The molecule has 0 aliphatic carbocycles. The molecule has 0 aliphatic heterocycles. The molecule has 0 amide bonds. The molecule has 3 aromatic rings. The van der Waals surface area contributed by atoms with E-state index in [1.165, 1.54) is 63.5 Å². The molecule has 3 rings (SSSR count). The van der Waals surface area contributed by atoms with Crippen LogP contribution < -0.4 is 9.47 Å². The minimum Gasteiger partial charge on any atom is -0.491 e. The molecular weight excluding hydrogens is 479 g/mol. The molecule has 38 heavy (non-hydrogen) atoms. The molecule has 0 saturated heterocycles. The average Bonchev–Trinajstić information content (AvgIpc) is 2.94. The van der Waals surface area contributed by atoms with Crippen LogP contribution in [-0.2, 0) is 6.42 Å². The van der Waals surface area contributed by atoms with Crippen molar-refractivity contribution in [2.45, 2.75) is 90.9 Å². The van der Waals surface area contributed by atoms with Gasteiger partial charge in [-0.25, -0.2) is 19.2 Å². The molecule has 6 heteroatoms. The van der Waals surface area contributed by atoms with Crippen LogP contribution in [0.15, 0.2) is 54.9 Å². The number of hydrogen-bond acceptors (Lipinski definition) is 5. The maximum Gasteiger partial charge on any atom is 0.343 e. The van der Waals surface area contributed by atoms with Crippen LogP contribution >= 0.6 is 0 Å². The van der Waals surface area contributed by atoms with E-state index in [2.05, 4.69) is 23.8 Å². The Bertz CT molecular complexity index is 1100. The summed E-state index contributed by atoms with van der Waals surface area (Å²) in [6.45, 7) is 4.87. The van der Waals surface area contributed by atoms with Crippen molar-refractivity contribution in [1.82, 2.24) is 9.97 Å². The number of carbonyl (C=O) groups excluding carboxylic acids is 1. The molecule has 0 aliphatic rings. The summed E-state index contributed by atoms with van der Waals surface area (Å²) in [4.78, 5) is 21.5. The first-order valence-electron chi connectivity index (χ1n) is 14.2. The number of aryl methyl sites for hydroxylation is 1. The number of carbonyl (C=O) groups is 1. The van der Waals surface area contributed by atoms with Gasteiger partial charge in [0.25, 0.3) is 0 Å². The molecule has 204 valence electrons. The Labute approximate surface area is 226 Å². The Morgan fingerprint density at radius 3 is 2.08 bits per heavy atom. The predicted octanol–water partition coefficient (Wildman–Crippen LogP) is 8.75. The number of hydrogen-bond donors (Lipinski definition) is 0. The molecule has 0 N–H and O–H groups in total. The Morgan fingerprint density at radius 2 is 1.42 bits per heavy atom. The Balaban J connectivity index is 1.46. The van der Waals surface area contributed by atoms with Crippen LogP contribution in [0.3, 0.4) is 0 Å². The van der Waals surface area contributed by atoms with E-state index in [0.29, 0.717) is 18.2 Å². The fraction of sp³-hybridized carbons (Fsp3) is 0.469. The van der Waals surface area contributed by atoms with Crippen molar-refractivity contribution in [3.8, 4) is 22.9 Å². The Hall–Kier alpha value is -3.28. The fourth-order valence-corrected chi connectivity index (χ4v) is 4.21. The van der Waals surface area contributed by atoms with E-state index >= 15 is 0 Å². The first kappa shape index (κ1) is 29.3. The highest BCUT2D eigenvalue weighted by Crippen LogP contribution is 2.23. The van der Waals surface area contributed by atoms with E-state index in [9.17, 15) is 9.18 Å². The van der Waals surface area contributed by atoms with Crippen molar-refractivity contribution in [2.75, 3.05) is 6.61 Å². The van der Waals surface area contributed by atoms with Crippen LogP contribution in [0, 0.1) is 5.82 Å². The predicted molar refractivity (Wildman–Crippen MR) is 150 cm³/mol. The van der Waals surface area contributed by atoms with E-state index in [4.69, 9.17) is 9.47 Å². The largest absolute Gasteiger partial charge is 0.491 e. The summed E-state index contributed by atoms with van der Waals surface area (Å²) in [7, 11) is 0. The molecular formula is C32H41FN2O3. The van der Waals surface area contributed by atoms with E-state index in [1.54, 1.807) is 12.1 Å². The molecule has 5 nitrogen and oxygen atoms in total. The number of halogens is 1. The van der Waals surface area contributed by atoms with Crippen molar-refractivity contribution in [1.29, 1.82) is 0 Å². The van der Waals surface area contributed by atoms with E-state index in [-0.39, 0.29) is 11.3 Å². The molecule has 0 saturated carbocycles. The van der Waals surface area contributed by atoms with Crippen molar-refractivity contribution in [3.63, 3.8) is 0 Å². The Kier molecular flexibility index (Phi) is 12.7. The molecule has 0 radical (unpaired) electrons. The molecule has 0 spiro atoms. The number of rotatable bonds is 17. The third-order valence-electron chi connectivity index (χ3n) is 6.52. The summed E-state index contributed by atoms with van der Waals surface area (Å²) in [5, 5.41) is 0. The maximum atomic E-state index is 14.5. The molecule has 0 unspecified atom stereocenters. The molecule has 0 atom stereocenters. The van der Waals surface area contributed by atoms with Crippen LogP contribution in [-0.4, -0.2) is 22.5 Å². The van der Waals surface area contributed by atoms with Crippen molar-refractivity contribution in [2.24, 2.45) is 0 Å². The van der Waals surface area contributed by atoms with Gasteiger partial charge in [0.15, 0.2) is 17.4 Å². The lowest BCUT2D eigenvalue weighted by atomic mass is 10.1. The third kappa shape index (κ3) is 9.88. The number of unbranched alkanes of at least 4 members (excludes halogenated alkanes) is 9. The quantitative estimate of drug-likeness (QED) is 0.101. The van der Waals surface area contributed by atoms with Gasteiger partial charge in [-0.1, -0.05) is 71.6 Å². The minimum atomic E-state index is -0.626. The third-order valence-corrected chi connectivity index (χ3v) is 6.52. The zero-order valence-corrected chi connectivity index (χ0v) is 22.9. The first-order chi connectivity index (χ1) is 18.6. The number of esters is 1. The van der Waals surface area contributed by atoms with Gasteiger partial charge < -0.3 is 9.47 Å². The second-order valence-electron chi connectivity index (χ2n) is 9.75. The van der Waals surface area contributed by atoms with Gasteiger partial charge >= 0.3 is 5.97 Å². The van der Waals surface area contributed by atoms with Crippen molar-refractivity contribution in [3.05, 3.63) is 71.8 Å². The summed E-state index contributed by atoms with van der Waals surface area (Å²) in [5.41, 5.74) is 2.10. The van der Waals surface area contributed by atoms with Gasteiger partial charge in [-0.3, -0.25) is 0 Å². The van der Waals surface area contributed by atoms with Gasteiger partial charge in [-0.2, -0.15) is 0 Å². The SMILES string of the molecule is CCCCCCCCOc1ccc(C(=O)Oc2ccc(-c3ncc(CCCCCCC)cn3)cc2)cc1F. The topological polar surface area (TPSA) is 61.3 Å². The number of ether oxygens (including phenoxy) is 2. The summed E-state index contributed by atoms with van der Waals surface area (Å²) in [6, 6.07) is 11.2. The second-order valence-corrected chi connectivity index (χ2v) is 9.75. The summed E-state index contributed by atoms with van der Waals surface area (Å²) < 4.78 is 25.5. The van der Waals surface area contributed by atoms with E-state index in [0.717, 1.165) is 42.9 Å². The van der Waals surface area contributed by atoms with Crippen LogP contribution in [0.2, 0.25) is 0 Å². The summed E-state index contributed by atoms with van der Waals surface area (Å²) in [6.07, 6.45) is 17.8. The zero-order valence-electron chi connectivity index (χ0n) is 22.9. The summed E-state index contributed by atoms with van der Waals surface area (Å²) >= 11 is 0. The first-order valence-corrected chi connectivity index (χ1v) is 14.2. The molecule has 2 aromatic carbocycles. The molecule has 1 heterocycles. The lowest BCUT2D eigenvalue weighted by molar-refractivity contribution is 0.0734. The number of nitrogens with zero attached hydrogens (tertiary/aromatic N) is 2. The highest BCUT2D eigenvalue weighted by atomic mass is 19.1. The highest BCUT2D eigenvalue weighted by Gasteiger charge is 2.13.